The number of hydrogen-bond acceptors (Lipinski definition) is 5. The van der Waals surface area contributed by atoms with Crippen molar-refractivity contribution in [1.82, 2.24) is 0 Å². The smallest absolute Gasteiger partial charge is 0.342 e. The van der Waals surface area contributed by atoms with Crippen molar-refractivity contribution in [3.05, 3.63) is 11.8 Å². The standard InChI is InChI=1S/C19H34O5Si/c1-13(2)15-11-16(24-25(7,8)19(3,4)5)17(18(21)22-6)23-10-9-14(15)12-20/h11-15,17H,9-10H2,1-8H3/b16-11+/t14-,15+,17-/m0/s1. The number of methoxy groups -OCH3 is 1. The second-order valence-corrected chi connectivity index (χ2v) is 13.3. The molecule has 0 saturated heterocycles. The summed E-state index contributed by atoms with van der Waals surface area (Å²) in [5.74, 6) is 0.162. The molecule has 1 heterocycles. The number of allylic oxidation sites excluding steroid dienone is 1. The van der Waals surface area contributed by atoms with Crippen LogP contribution in [0.2, 0.25) is 18.1 Å². The quantitative estimate of drug-likeness (QED) is 0.417. The van der Waals surface area contributed by atoms with Crippen LogP contribution in [0.1, 0.15) is 41.0 Å². The average molecular weight is 371 g/mol. The summed E-state index contributed by atoms with van der Waals surface area (Å²) in [6.07, 6.45) is 2.65. The van der Waals surface area contributed by atoms with E-state index in [0.717, 1.165) is 6.29 Å². The number of esters is 1. The third-order valence-electron chi connectivity index (χ3n) is 5.38. The lowest BCUT2D eigenvalue weighted by atomic mass is 9.81. The van der Waals surface area contributed by atoms with Crippen molar-refractivity contribution in [2.75, 3.05) is 13.7 Å². The molecular weight excluding hydrogens is 336 g/mol. The predicted molar refractivity (Wildman–Crippen MR) is 101 cm³/mol. The molecule has 0 aromatic heterocycles. The molecule has 25 heavy (non-hydrogen) atoms. The van der Waals surface area contributed by atoms with Crippen LogP contribution < -0.4 is 0 Å². The van der Waals surface area contributed by atoms with Crippen LogP contribution >= 0.6 is 0 Å². The normalized spacial score (nSPS) is 27.7. The molecule has 0 aromatic carbocycles. The summed E-state index contributed by atoms with van der Waals surface area (Å²) in [6.45, 7) is 15.2. The summed E-state index contributed by atoms with van der Waals surface area (Å²) in [5, 5.41) is -0.0196. The van der Waals surface area contributed by atoms with Gasteiger partial charge in [-0.1, -0.05) is 34.6 Å². The first-order valence-electron chi connectivity index (χ1n) is 9.00. The van der Waals surface area contributed by atoms with E-state index in [9.17, 15) is 9.59 Å². The zero-order chi connectivity index (χ0) is 19.4. The monoisotopic (exact) mass is 370 g/mol. The molecule has 5 nitrogen and oxygen atoms in total. The SMILES string of the molecule is COC(=O)[C@H]1OCC[C@@H](C=O)[C@@H](C(C)C)/C=C\1O[Si](C)(C)C(C)(C)C. The summed E-state index contributed by atoms with van der Waals surface area (Å²) in [4.78, 5) is 23.8. The van der Waals surface area contributed by atoms with Gasteiger partial charge in [0.15, 0.2) is 0 Å². The molecule has 1 rings (SSSR count). The number of rotatable bonds is 5. The molecule has 3 atom stereocenters. The van der Waals surface area contributed by atoms with Gasteiger partial charge in [-0.15, -0.1) is 0 Å². The van der Waals surface area contributed by atoms with Gasteiger partial charge in [0.2, 0.25) is 14.4 Å². The maximum absolute atomic E-state index is 12.3. The van der Waals surface area contributed by atoms with Crippen molar-refractivity contribution < 1.29 is 23.5 Å². The molecule has 1 aliphatic rings. The summed E-state index contributed by atoms with van der Waals surface area (Å²) in [6, 6.07) is 0. The van der Waals surface area contributed by atoms with Gasteiger partial charge >= 0.3 is 5.97 Å². The maximum atomic E-state index is 12.3. The van der Waals surface area contributed by atoms with Gasteiger partial charge in [-0.25, -0.2) is 4.79 Å². The van der Waals surface area contributed by atoms with Crippen LogP contribution in [0, 0.1) is 17.8 Å². The molecule has 0 amide bonds. The first-order chi connectivity index (χ1) is 11.4. The van der Waals surface area contributed by atoms with Crippen LogP contribution in [-0.4, -0.2) is 40.4 Å². The Morgan fingerprint density at radius 3 is 2.40 bits per heavy atom. The molecule has 0 bridgehead atoms. The Labute approximate surface area is 153 Å². The number of carbonyl (C=O) groups is 2. The van der Waals surface area contributed by atoms with E-state index in [-0.39, 0.29) is 22.8 Å². The van der Waals surface area contributed by atoms with Crippen LogP contribution in [0.25, 0.3) is 0 Å². The van der Waals surface area contributed by atoms with Gasteiger partial charge in [0, 0.05) is 12.5 Å². The first-order valence-corrected chi connectivity index (χ1v) is 11.9. The van der Waals surface area contributed by atoms with E-state index in [4.69, 9.17) is 13.9 Å². The number of ether oxygens (including phenoxy) is 2. The number of carbonyl (C=O) groups excluding carboxylic acids is 2. The van der Waals surface area contributed by atoms with E-state index >= 15 is 0 Å². The van der Waals surface area contributed by atoms with Crippen LogP contribution in [0.15, 0.2) is 11.8 Å². The first kappa shape index (κ1) is 21.9. The zero-order valence-corrected chi connectivity index (χ0v) is 17.9. The Bertz CT molecular complexity index is 504. The lowest BCUT2D eigenvalue weighted by Crippen LogP contribution is -2.44. The number of hydrogen-bond donors (Lipinski definition) is 0. The fraction of sp³-hybridized carbons (Fsp3) is 0.789. The Balaban J connectivity index is 3.37. The Morgan fingerprint density at radius 2 is 1.96 bits per heavy atom. The highest BCUT2D eigenvalue weighted by Crippen LogP contribution is 2.40. The van der Waals surface area contributed by atoms with Crippen molar-refractivity contribution in [2.24, 2.45) is 17.8 Å². The Morgan fingerprint density at radius 1 is 1.36 bits per heavy atom. The van der Waals surface area contributed by atoms with E-state index in [1.165, 1.54) is 7.11 Å². The van der Waals surface area contributed by atoms with Gasteiger partial charge in [0.05, 0.1) is 7.11 Å². The van der Waals surface area contributed by atoms with Gasteiger partial charge in [0.25, 0.3) is 0 Å². The third-order valence-corrected chi connectivity index (χ3v) is 9.74. The molecular formula is C19H34O5Si. The van der Waals surface area contributed by atoms with Crippen LogP contribution in [0.4, 0.5) is 0 Å². The lowest BCUT2D eigenvalue weighted by molar-refractivity contribution is -0.153. The van der Waals surface area contributed by atoms with E-state index < -0.39 is 20.4 Å². The van der Waals surface area contributed by atoms with E-state index in [1.807, 2.05) is 6.08 Å². The second kappa shape index (κ2) is 8.49. The van der Waals surface area contributed by atoms with Crippen molar-refractivity contribution in [3.8, 4) is 0 Å². The van der Waals surface area contributed by atoms with Crippen LogP contribution in [0.5, 0.6) is 0 Å². The van der Waals surface area contributed by atoms with Crippen molar-refractivity contribution in [1.29, 1.82) is 0 Å². The molecule has 144 valence electrons. The van der Waals surface area contributed by atoms with E-state index in [0.29, 0.717) is 18.8 Å². The average Bonchev–Trinajstić information content (AvgIpc) is 2.48. The van der Waals surface area contributed by atoms with Crippen molar-refractivity contribution >= 4 is 20.6 Å². The fourth-order valence-electron chi connectivity index (χ4n) is 2.67. The molecule has 0 N–H and O–H groups in total. The van der Waals surface area contributed by atoms with Gasteiger partial charge in [-0.3, -0.25) is 0 Å². The summed E-state index contributed by atoms with van der Waals surface area (Å²) in [5.41, 5.74) is 0. The summed E-state index contributed by atoms with van der Waals surface area (Å²) >= 11 is 0. The molecule has 0 unspecified atom stereocenters. The minimum absolute atomic E-state index is 0.00771. The predicted octanol–water partition coefficient (Wildman–Crippen LogP) is 3.94. The molecule has 6 heteroatoms. The van der Waals surface area contributed by atoms with Gasteiger partial charge < -0.3 is 18.7 Å². The van der Waals surface area contributed by atoms with E-state index in [1.54, 1.807) is 0 Å². The fourth-order valence-corrected chi connectivity index (χ4v) is 3.74. The highest BCUT2D eigenvalue weighted by atomic mass is 28.4. The zero-order valence-electron chi connectivity index (χ0n) is 16.9. The molecule has 0 saturated carbocycles. The molecule has 0 spiro atoms. The highest BCUT2D eigenvalue weighted by Gasteiger charge is 2.42. The summed E-state index contributed by atoms with van der Waals surface area (Å²) < 4.78 is 17.1. The summed E-state index contributed by atoms with van der Waals surface area (Å²) in [7, 11) is -0.823. The molecule has 0 aromatic rings. The van der Waals surface area contributed by atoms with Crippen molar-refractivity contribution in [3.63, 3.8) is 0 Å². The van der Waals surface area contributed by atoms with Gasteiger partial charge in [-0.05, 0) is 42.5 Å². The molecule has 0 fully saturated rings. The minimum Gasteiger partial charge on any atom is -0.544 e. The molecule has 1 aliphatic heterocycles. The van der Waals surface area contributed by atoms with E-state index in [2.05, 4.69) is 47.7 Å². The minimum atomic E-state index is -2.17. The second-order valence-electron chi connectivity index (χ2n) is 8.62. The maximum Gasteiger partial charge on any atom is 0.342 e. The Hall–Kier alpha value is -1.14. The van der Waals surface area contributed by atoms with Crippen molar-refractivity contribution in [2.45, 2.75) is 65.3 Å². The largest absolute Gasteiger partial charge is 0.544 e. The third kappa shape index (κ3) is 5.41. The van der Waals surface area contributed by atoms with Crippen LogP contribution in [0.3, 0.4) is 0 Å². The highest BCUT2D eigenvalue weighted by molar-refractivity contribution is 6.74. The lowest BCUT2D eigenvalue weighted by Gasteiger charge is -2.39. The van der Waals surface area contributed by atoms with Gasteiger partial charge in [-0.2, -0.15) is 0 Å². The van der Waals surface area contributed by atoms with Crippen LogP contribution in [-0.2, 0) is 23.5 Å². The number of aldehydes is 1. The molecule has 0 radical (unpaired) electrons. The van der Waals surface area contributed by atoms with Gasteiger partial charge in [0.1, 0.15) is 12.0 Å². The Kier molecular flexibility index (Phi) is 7.44. The topological polar surface area (TPSA) is 61.8 Å². The molecule has 0 aliphatic carbocycles.